The molecule has 2 aromatic rings. The molecule has 0 saturated heterocycles. The van der Waals surface area contributed by atoms with Crippen LogP contribution in [0.15, 0.2) is 54.6 Å². The van der Waals surface area contributed by atoms with Crippen molar-refractivity contribution in [3.05, 3.63) is 71.3 Å². The van der Waals surface area contributed by atoms with Crippen LogP contribution < -0.4 is 0 Å². The summed E-state index contributed by atoms with van der Waals surface area (Å²) in [4.78, 5) is 25.2. The average Bonchev–Trinajstić information content (AvgIpc) is 2.82. The highest BCUT2D eigenvalue weighted by Gasteiger charge is 2.53. The van der Waals surface area contributed by atoms with Gasteiger partial charge in [0.15, 0.2) is 11.2 Å². The summed E-state index contributed by atoms with van der Waals surface area (Å²) in [5, 5.41) is 0. The minimum atomic E-state index is -1.24. The average molecular weight is 266 g/mol. The summed E-state index contributed by atoms with van der Waals surface area (Å²) in [6, 6.07) is 16.5. The molecule has 3 heteroatoms. The Bertz CT molecular complexity index is 676. The molecule has 3 rings (SSSR count). The lowest BCUT2D eigenvalue weighted by atomic mass is 9.77. The molecule has 3 nitrogen and oxygen atoms in total. The number of hydrogen-bond acceptors (Lipinski definition) is 3. The molecule has 0 radical (unpaired) electrons. The van der Waals surface area contributed by atoms with E-state index in [1.807, 2.05) is 36.4 Å². The second-order valence-corrected chi connectivity index (χ2v) is 4.93. The van der Waals surface area contributed by atoms with Gasteiger partial charge in [-0.15, -0.1) is 0 Å². The van der Waals surface area contributed by atoms with E-state index >= 15 is 0 Å². The van der Waals surface area contributed by atoms with Gasteiger partial charge in [-0.05, 0) is 11.1 Å². The van der Waals surface area contributed by atoms with Crippen LogP contribution >= 0.6 is 0 Å². The first-order valence-corrected chi connectivity index (χ1v) is 6.47. The van der Waals surface area contributed by atoms with Crippen molar-refractivity contribution in [1.29, 1.82) is 0 Å². The molecule has 0 spiro atoms. The van der Waals surface area contributed by atoms with Crippen molar-refractivity contribution in [1.82, 2.24) is 0 Å². The number of carbonyl (C=O) groups is 2. The molecule has 1 aliphatic carbocycles. The van der Waals surface area contributed by atoms with Gasteiger partial charge in [-0.3, -0.25) is 9.59 Å². The largest absolute Gasteiger partial charge is 0.468 e. The predicted octanol–water partition coefficient (Wildman–Crippen LogP) is 2.54. The van der Waals surface area contributed by atoms with Crippen LogP contribution in [0.1, 0.15) is 21.5 Å². The normalized spacial score (nSPS) is 20.6. The summed E-state index contributed by atoms with van der Waals surface area (Å²) >= 11 is 0. The lowest BCUT2D eigenvalue weighted by molar-refractivity contribution is -0.145. The zero-order valence-corrected chi connectivity index (χ0v) is 11.1. The Kier molecular flexibility index (Phi) is 2.90. The first-order valence-electron chi connectivity index (χ1n) is 6.47. The lowest BCUT2D eigenvalue weighted by Gasteiger charge is -2.24. The van der Waals surface area contributed by atoms with Crippen molar-refractivity contribution in [3.8, 4) is 0 Å². The van der Waals surface area contributed by atoms with E-state index < -0.39 is 11.4 Å². The molecule has 20 heavy (non-hydrogen) atoms. The van der Waals surface area contributed by atoms with Crippen LogP contribution in [0, 0.1) is 0 Å². The number of methoxy groups -OCH3 is 1. The van der Waals surface area contributed by atoms with Crippen molar-refractivity contribution < 1.29 is 14.3 Å². The molecular formula is C17H14O3. The van der Waals surface area contributed by atoms with Crippen LogP contribution in [-0.4, -0.2) is 18.9 Å². The summed E-state index contributed by atoms with van der Waals surface area (Å²) in [5.74, 6) is -0.670. The topological polar surface area (TPSA) is 43.4 Å². The third-order valence-electron chi connectivity index (χ3n) is 3.91. The maximum Gasteiger partial charge on any atom is 0.324 e. The molecule has 0 fully saturated rings. The van der Waals surface area contributed by atoms with Crippen LogP contribution in [-0.2, 0) is 21.4 Å². The highest BCUT2D eigenvalue weighted by molar-refractivity contribution is 6.20. The number of carbonyl (C=O) groups excluding carboxylic acids is 2. The van der Waals surface area contributed by atoms with E-state index in [4.69, 9.17) is 4.74 Å². The van der Waals surface area contributed by atoms with E-state index in [0.717, 1.165) is 5.56 Å². The fraction of sp³-hybridized carbons (Fsp3) is 0.176. The zero-order chi connectivity index (χ0) is 14.2. The standard InChI is InChI=1S/C17H14O3/c1-20-16(19)17(13-8-3-2-4-9-13)11-12-7-5-6-10-14(12)15(17)18/h2-10H,11H2,1H3/t17-/m1/s1. The van der Waals surface area contributed by atoms with Crippen LogP contribution in [0.4, 0.5) is 0 Å². The molecule has 0 bridgehead atoms. The van der Waals surface area contributed by atoms with Gasteiger partial charge in [0.25, 0.3) is 0 Å². The molecule has 0 N–H and O–H groups in total. The van der Waals surface area contributed by atoms with Gasteiger partial charge in [0.2, 0.25) is 0 Å². The maximum atomic E-state index is 12.8. The summed E-state index contributed by atoms with van der Waals surface area (Å²) in [6.07, 6.45) is 0.360. The molecule has 0 aliphatic heterocycles. The Morgan fingerprint density at radius 1 is 1.05 bits per heavy atom. The van der Waals surface area contributed by atoms with Gasteiger partial charge in [0.1, 0.15) is 0 Å². The van der Waals surface area contributed by atoms with Gasteiger partial charge in [-0.25, -0.2) is 0 Å². The third-order valence-corrected chi connectivity index (χ3v) is 3.91. The highest BCUT2D eigenvalue weighted by atomic mass is 16.5. The van der Waals surface area contributed by atoms with Crippen molar-refractivity contribution >= 4 is 11.8 Å². The van der Waals surface area contributed by atoms with E-state index in [1.54, 1.807) is 18.2 Å². The number of benzene rings is 2. The quantitative estimate of drug-likeness (QED) is 0.619. The number of esters is 1. The second kappa shape index (κ2) is 4.60. The highest BCUT2D eigenvalue weighted by Crippen LogP contribution is 2.40. The number of hydrogen-bond donors (Lipinski definition) is 0. The fourth-order valence-electron chi connectivity index (χ4n) is 2.90. The Labute approximate surface area is 117 Å². The monoisotopic (exact) mass is 266 g/mol. The van der Waals surface area contributed by atoms with Gasteiger partial charge >= 0.3 is 5.97 Å². The van der Waals surface area contributed by atoms with Gasteiger partial charge in [0, 0.05) is 12.0 Å². The van der Waals surface area contributed by atoms with Crippen molar-refractivity contribution in [2.45, 2.75) is 11.8 Å². The Balaban J connectivity index is 2.21. The number of rotatable bonds is 2. The number of Topliss-reactive ketones (excluding diaryl/α,β-unsaturated/α-hetero) is 1. The van der Waals surface area contributed by atoms with E-state index in [2.05, 4.69) is 0 Å². The maximum absolute atomic E-state index is 12.8. The van der Waals surface area contributed by atoms with Gasteiger partial charge < -0.3 is 4.74 Å². The summed E-state index contributed by atoms with van der Waals surface area (Å²) in [7, 11) is 1.32. The molecule has 0 saturated carbocycles. The first-order chi connectivity index (χ1) is 9.70. The number of fused-ring (bicyclic) bond motifs is 1. The molecule has 0 unspecified atom stereocenters. The fourth-order valence-corrected chi connectivity index (χ4v) is 2.90. The zero-order valence-electron chi connectivity index (χ0n) is 11.1. The van der Waals surface area contributed by atoms with E-state index in [1.165, 1.54) is 7.11 Å². The molecular weight excluding hydrogens is 252 g/mol. The first kappa shape index (κ1) is 12.6. The molecule has 2 aromatic carbocycles. The van der Waals surface area contributed by atoms with E-state index in [0.29, 0.717) is 17.5 Å². The smallest absolute Gasteiger partial charge is 0.324 e. The number of ketones is 1. The minimum absolute atomic E-state index is 0.175. The molecule has 1 atom stereocenters. The van der Waals surface area contributed by atoms with E-state index in [-0.39, 0.29) is 5.78 Å². The van der Waals surface area contributed by atoms with Gasteiger partial charge in [0.05, 0.1) is 7.11 Å². The lowest BCUT2D eigenvalue weighted by Crippen LogP contribution is -2.42. The Morgan fingerprint density at radius 3 is 2.35 bits per heavy atom. The molecule has 0 aromatic heterocycles. The van der Waals surface area contributed by atoms with Crippen molar-refractivity contribution in [3.63, 3.8) is 0 Å². The molecule has 0 heterocycles. The number of ether oxygens (including phenoxy) is 1. The van der Waals surface area contributed by atoms with Crippen molar-refractivity contribution in [2.75, 3.05) is 7.11 Å². The van der Waals surface area contributed by atoms with E-state index in [9.17, 15) is 9.59 Å². The predicted molar refractivity (Wildman–Crippen MR) is 74.6 cm³/mol. The van der Waals surface area contributed by atoms with Crippen LogP contribution in [0.2, 0.25) is 0 Å². The Hall–Kier alpha value is -2.42. The Morgan fingerprint density at radius 2 is 1.70 bits per heavy atom. The van der Waals surface area contributed by atoms with Crippen molar-refractivity contribution in [2.24, 2.45) is 0 Å². The molecule has 0 amide bonds. The van der Waals surface area contributed by atoms with Gasteiger partial charge in [-0.1, -0.05) is 54.6 Å². The molecule has 100 valence electrons. The van der Waals surface area contributed by atoms with Crippen LogP contribution in [0.25, 0.3) is 0 Å². The SMILES string of the molecule is COC(=O)[C@@]1(c2ccccc2)Cc2ccccc2C1=O. The van der Waals surface area contributed by atoms with Crippen LogP contribution in [0.3, 0.4) is 0 Å². The van der Waals surface area contributed by atoms with Crippen LogP contribution in [0.5, 0.6) is 0 Å². The molecule has 1 aliphatic rings. The minimum Gasteiger partial charge on any atom is -0.468 e. The summed E-state index contributed by atoms with van der Waals surface area (Å²) in [6.45, 7) is 0. The summed E-state index contributed by atoms with van der Waals surface area (Å²) in [5.41, 5.74) is 0.959. The van der Waals surface area contributed by atoms with Gasteiger partial charge in [-0.2, -0.15) is 0 Å². The second-order valence-electron chi connectivity index (χ2n) is 4.93. The summed E-state index contributed by atoms with van der Waals surface area (Å²) < 4.78 is 4.93. The third kappa shape index (κ3) is 1.59.